The highest BCUT2D eigenvalue weighted by atomic mass is 35.5. The first-order chi connectivity index (χ1) is 8.90. The highest BCUT2D eigenvalue weighted by Gasteiger charge is 2.20. The molecule has 106 valence electrons. The number of benzene rings is 1. The lowest BCUT2D eigenvalue weighted by atomic mass is 9.84. The maximum atomic E-state index is 12.1. The third-order valence-corrected chi connectivity index (χ3v) is 3.21. The largest absolute Gasteiger partial charge is 0.494 e. The molecule has 0 fully saturated rings. The van der Waals surface area contributed by atoms with Crippen LogP contribution in [0.3, 0.4) is 0 Å². The fourth-order valence-corrected chi connectivity index (χ4v) is 2.08. The van der Waals surface area contributed by atoms with E-state index in [9.17, 15) is 4.79 Å². The highest BCUT2D eigenvalue weighted by molar-refractivity contribution is 6.18. The smallest absolute Gasteiger partial charge is 0.162 e. The fraction of sp³-hybridized carbons (Fsp3) is 0.562. The van der Waals surface area contributed by atoms with Gasteiger partial charge in [0.15, 0.2) is 5.78 Å². The number of alkyl halides is 1. The Labute approximate surface area is 121 Å². The van der Waals surface area contributed by atoms with Gasteiger partial charge in [-0.05, 0) is 37.0 Å². The van der Waals surface area contributed by atoms with Crippen molar-refractivity contribution in [3.63, 3.8) is 0 Å². The maximum Gasteiger partial charge on any atom is 0.162 e. The Morgan fingerprint density at radius 2 is 2.00 bits per heavy atom. The number of halogens is 1. The molecule has 0 heterocycles. The van der Waals surface area contributed by atoms with Gasteiger partial charge in [0.25, 0.3) is 0 Å². The molecule has 0 aliphatic rings. The second-order valence-corrected chi connectivity index (χ2v) is 5.99. The molecule has 0 aromatic heterocycles. The van der Waals surface area contributed by atoms with Crippen molar-refractivity contribution in [1.29, 1.82) is 0 Å². The van der Waals surface area contributed by atoms with Gasteiger partial charge >= 0.3 is 0 Å². The Balaban J connectivity index is 3.07. The maximum absolute atomic E-state index is 12.1. The zero-order valence-corrected chi connectivity index (χ0v) is 13.0. The molecule has 0 aliphatic heterocycles. The summed E-state index contributed by atoms with van der Waals surface area (Å²) in [6.45, 7) is 8.96. The van der Waals surface area contributed by atoms with Crippen LogP contribution in [0.1, 0.15) is 56.5 Å². The molecular formula is C16H23ClO2. The minimum atomic E-state index is -0.0483. The van der Waals surface area contributed by atoms with E-state index in [0.717, 1.165) is 23.3 Å². The van der Waals surface area contributed by atoms with Crippen LogP contribution in [0, 0.1) is 0 Å². The summed E-state index contributed by atoms with van der Waals surface area (Å²) in [5.74, 6) is 1.53. The monoisotopic (exact) mass is 282 g/mol. The molecule has 0 unspecified atom stereocenters. The lowest BCUT2D eigenvalue weighted by Gasteiger charge is -2.23. The Morgan fingerprint density at radius 3 is 2.53 bits per heavy atom. The van der Waals surface area contributed by atoms with Gasteiger partial charge in [0.05, 0.1) is 6.61 Å². The van der Waals surface area contributed by atoms with Crippen LogP contribution in [0.4, 0.5) is 0 Å². The van der Waals surface area contributed by atoms with Gasteiger partial charge in [0.2, 0.25) is 0 Å². The highest BCUT2D eigenvalue weighted by Crippen LogP contribution is 2.32. The van der Waals surface area contributed by atoms with E-state index >= 15 is 0 Å². The van der Waals surface area contributed by atoms with Crippen molar-refractivity contribution < 1.29 is 9.53 Å². The van der Waals surface area contributed by atoms with Crippen LogP contribution in [0.2, 0.25) is 0 Å². The fourth-order valence-electron chi connectivity index (χ4n) is 1.94. The number of hydrogen-bond acceptors (Lipinski definition) is 2. The van der Waals surface area contributed by atoms with Crippen LogP contribution in [-0.4, -0.2) is 18.3 Å². The summed E-state index contributed by atoms with van der Waals surface area (Å²) in [6.07, 6.45) is 1.22. The van der Waals surface area contributed by atoms with Crippen molar-refractivity contribution in [3.8, 4) is 5.75 Å². The molecule has 0 radical (unpaired) electrons. The molecule has 0 atom stereocenters. The lowest BCUT2D eigenvalue weighted by Crippen LogP contribution is -2.15. The molecule has 0 aliphatic carbocycles. The summed E-state index contributed by atoms with van der Waals surface area (Å²) in [5.41, 5.74) is 1.78. The second-order valence-electron chi connectivity index (χ2n) is 5.61. The van der Waals surface area contributed by atoms with Crippen molar-refractivity contribution in [2.45, 2.75) is 46.0 Å². The minimum Gasteiger partial charge on any atom is -0.494 e. The van der Waals surface area contributed by atoms with Crippen molar-refractivity contribution in [3.05, 3.63) is 29.3 Å². The van der Waals surface area contributed by atoms with E-state index in [2.05, 4.69) is 20.8 Å². The van der Waals surface area contributed by atoms with Crippen LogP contribution < -0.4 is 4.74 Å². The van der Waals surface area contributed by atoms with Crippen LogP contribution in [0.25, 0.3) is 0 Å². The Hall–Kier alpha value is -1.02. The van der Waals surface area contributed by atoms with Crippen molar-refractivity contribution >= 4 is 17.4 Å². The molecule has 2 nitrogen and oxygen atoms in total. The number of ketones is 1. The van der Waals surface area contributed by atoms with Gasteiger partial charge in [-0.15, -0.1) is 11.6 Å². The molecule has 0 saturated heterocycles. The van der Waals surface area contributed by atoms with Gasteiger partial charge in [0, 0.05) is 23.4 Å². The van der Waals surface area contributed by atoms with E-state index in [-0.39, 0.29) is 11.2 Å². The van der Waals surface area contributed by atoms with Crippen molar-refractivity contribution in [2.24, 2.45) is 0 Å². The average molecular weight is 283 g/mol. The number of ether oxygens (including phenoxy) is 1. The van der Waals surface area contributed by atoms with Gasteiger partial charge in [-0.3, -0.25) is 4.79 Å². The quantitative estimate of drug-likeness (QED) is 0.564. The van der Waals surface area contributed by atoms with E-state index in [1.807, 2.05) is 25.1 Å². The second kappa shape index (κ2) is 6.95. The van der Waals surface area contributed by atoms with E-state index in [0.29, 0.717) is 18.9 Å². The predicted octanol–water partition coefficient (Wildman–Crippen LogP) is 4.58. The van der Waals surface area contributed by atoms with Gasteiger partial charge in [-0.1, -0.05) is 20.8 Å². The number of Topliss-reactive ketones (excluding diaryl/α,β-unsaturated/α-hetero) is 1. The Kier molecular flexibility index (Phi) is 5.86. The molecule has 1 aromatic carbocycles. The molecule has 0 spiro atoms. The summed E-state index contributed by atoms with van der Waals surface area (Å²) in [5, 5.41) is 0. The minimum absolute atomic E-state index is 0.0483. The molecule has 0 saturated carbocycles. The first-order valence-corrected chi connectivity index (χ1v) is 7.30. The van der Waals surface area contributed by atoms with E-state index in [1.165, 1.54) is 0 Å². The Morgan fingerprint density at radius 1 is 1.32 bits per heavy atom. The third kappa shape index (κ3) is 4.54. The predicted molar refractivity (Wildman–Crippen MR) is 80.6 cm³/mol. The van der Waals surface area contributed by atoms with Gasteiger partial charge < -0.3 is 4.74 Å². The van der Waals surface area contributed by atoms with Crippen LogP contribution in [0.5, 0.6) is 5.75 Å². The number of carbonyl (C=O) groups is 1. The third-order valence-electron chi connectivity index (χ3n) is 2.95. The summed E-state index contributed by atoms with van der Waals surface area (Å²) in [4.78, 5) is 12.1. The molecule has 3 heteroatoms. The molecule has 0 N–H and O–H groups in total. The topological polar surface area (TPSA) is 26.3 Å². The van der Waals surface area contributed by atoms with E-state index in [4.69, 9.17) is 16.3 Å². The number of hydrogen-bond donors (Lipinski definition) is 0. The van der Waals surface area contributed by atoms with Gasteiger partial charge in [0.1, 0.15) is 5.75 Å². The average Bonchev–Trinajstić information content (AvgIpc) is 2.35. The van der Waals surface area contributed by atoms with Crippen LogP contribution >= 0.6 is 11.6 Å². The molecular weight excluding hydrogens is 260 g/mol. The first-order valence-electron chi connectivity index (χ1n) is 6.76. The van der Waals surface area contributed by atoms with Crippen molar-refractivity contribution in [1.82, 2.24) is 0 Å². The van der Waals surface area contributed by atoms with Gasteiger partial charge in [-0.2, -0.15) is 0 Å². The van der Waals surface area contributed by atoms with E-state index < -0.39 is 0 Å². The summed E-state index contributed by atoms with van der Waals surface area (Å²) in [7, 11) is 0. The molecule has 0 bridgehead atoms. The number of rotatable bonds is 6. The van der Waals surface area contributed by atoms with E-state index in [1.54, 1.807) is 0 Å². The molecule has 1 aromatic rings. The Bertz CT molecular complexity index is 433. The SMILES string of the molecule is CCOc1ccc(C(=O)CCCCl)cc1C(C)(C)C. The van der Waals surface area contributed by atoms with Crippen LogP contribution in [-0.2, 0) is 5.41 Å². The molecule has 19 heavy (non-hydrogen) atoms. The number of carbonyl (C=O) groups excluding carboxylic acids is 1. The molecule has 0 amide bonds. The normalized spacial score (nSPS) is 11.4. The summed E-state index contributed by atoms with van der Waals surface area (Å²) >= 11 is 5.63. The molecule has 1 rings (SSSR count). The first kappa shape index (κ1) is 16.0. The summed E-state index contributed by atoms with van der Waals surface area (Å²) in [6, 6.07) is 5.70. The zero-order valence-electron chi connectivity index (χ0n) is 12.3. The van der Waals surface area contributed by atoms with Crippen LogP contribution in [0.15, 0.2) is 18.2 Å². The summed E-state index contributed by atoms with van der Waals surface area (Å²) < 4.78 is 5.65. The zero-order chi connectivity index (χ0) is 14.5. The van der Waals surface area contributed by atoms with Gasteiger partial charge in [-0.25, -0.2) is 0 Å². The standard InChI is InChI=1S/C16H23ClO2/c1-5-19-15-9-8-12(14(18)7-6-10-17)11-13(15)16(2,3)4/h8-9,11H,5-7,10H2,1-4H3. The lowest BCUT2D eigenvalue weighted by molar-refractivity contribution is 0.0982. The van der Waals surface area contributed by atoms with Crippen molar-refractivity contribution in [2.75, 3.05) is 12.5 Å².